The van der Waals surface area contributed by atoms with Crippen LogP contribution in [0, 0.1) is 10.1 Å². The van der Waals surface area contributed by atoms with Crippen LogP contribution < -0.4 is 10.6 Å². The molecule has 9 nitrogen and oxygen atoms in total. The van der Waals surface area contributed by atoms with E-state index in [-0.39, 0.29) is 5.69 Å². The van der Waals surface area contributed by atoms with Gasteiger partial charge >= 0.3 is 6.03 Å². The van der Waals surface area contributed by atoms with Gasteiger partial charge in [-0.3, -0.25) is 24.6 Å². The summed E-state index contributed by atoms with van der Waals surface area (Å²) in [6.07, 6.45) is 0.573. The number of carbonyl (C=O) groups is 3. The molecule has 1 unspecified atom stereocenters. The fraction of sp³-hybridized carbons (Fsp3) is 0.250. The molecule has 0 aromatic heterocycles. The van der Waals surface area contributed by atoms with Crippen molar-refractivity contribution in [1.29, 1.82) is 0 Å². The SMILES string of the molecule is CC1(c2ccc([N+](=O)[O-])cc2)NC(=O)N(CC(=O)NCCc2ccc(Cl)cc2)C1=O. The minimum Gasteiger partial charge on any atom is -0.354 e. The minimum absolute atomic E-state index is 0.129. The van der Waals surface area contributed by atoms with Gasteiger partial charge in [-0.05, 0) is 48.7 Å². The van der Waals surface area contributed by atoms with Gasteiger partial charge in [-0.25, -0.2) is 4.79 Å². The van der Waals surface area contributed by atoms with Crippen LogP contribution in [0.3, 0.4) is 0 Å². The van der Waals surface area contributed by atoms with Gasteiger partial charge in [-0.2, -0.15) is 0 Å². The molecule has 30 heavy (non-hydrogen) atoms. The molecule has 1 fully saturated rings. The number of carbonyl (C=O) groups excluding carboxylic acids is 3. The first-order chi connectivity index (χ1) is 14.2. The van der Waals surface area contributed by atoms with E-state index in [1.54, 1.807) is 12.1 Å². The lowest BCUT2D eigenvalue weighted by Gasteiger charge is -2.22. The van der Waals surface area contributed by atoms with Crippen LogP contribution in [0.15, 0.2) is 48.5 Å². The molecule has 3 rings (SSSR count). The number of imide groups is 1. The highest BCUT2D eigenvalue weighted by Crippen LogP contribution is 2.29. The quantitative estimate of drug-likeness (QED) is 0.396. The Balaban J connectivity index is 1.60. The van der Waals surface area contributed by atoms with Crippen molar-refractivity contribution in [3.63, 3.8) is 0 Å². The van der Waals surface area contributed by atoms with E-state index in [9.17, 15) is 24.5 Å². The number of nitro groups is 1. The molecule has 0 saturated carbocycles. The van der Waals surface area contributed by atoms with Gasteiger partial charge in [0, 0.05) is 23.7 Å². The van der Waals surface area contributed by atoms with Crippen molar-refractivity contribution < 1.29 is 19.3 Å². The number of benzene rings is 2. The molecule has 1 saturated heterocycles. The van der Waals surface area contributed by atoms with Crippen LogP contribution in [-0.4, -0.2) is 40.8 Å². The summed E-state index contributed by atoms with van der Waals surface area (Å²) in [6.45, 7) is 1.41. The highest BCUT2D eigenvalue weighted by atomic mass is 35.5. The predicted octanol–water partition coefficient (Wildman–Crippen LogP) is 2.37. The number of nitro benzene ring substituents is 1. The van der Waals surface area contributed by atoms with Gasteiger partial charge in [-0.1, -0.05) is 23.7 Å². The van der Waals surface area contributed by atoms with Crippen LogP contribution in [0.25, 0.3) is 0 Å². The largest absolute Gasteiger partial charge is 0.354 e. The second-order valence-corrected chi connectivity index (χ2v) is 7.41. The Hall–Kier alpha value is -3.46. The van der Waals surface area contributed by atoms with E-state index in [0.29, 0.717) is 23.6 Å². The van der Waals surface area contributed by atoms with Crippen LogP contribution in [0.1, 0.15) is 18.1 Å². The molecule has 4 amide bonds. The molecule has 0 spiro atoms. The average molecular weight is 431 g/mol. The van der Waals surface area contributed by atoms with E-state index in [1.165, 1.54) is 31.2 Å². The molecule has 10 heteroatoms. The number of rotatable bonds is 7. The van der Waals surface area contributed by atoms with E-state index in [0.717, 1.165) is 10.5 Å². The van der Waals surface area contributed by atoms with Crippen molar-refractivity contribution >= 4 is 35.1 Å². The second kappa shape index (κ2) is 8.50. The lowest BCUT2D eigenvalue weighted by atomic mass is 9.92. The van der Waals surface area contributed by atoms with Crippen molar-refractivity contribution in [3.8, 4) is 0 Å². The van der Waals surface area contributed by atoms with E-state index in [1.807, 2.05) is 12.1 Å². The van der Waals surface area contributed by atoms with Crippen LogP contribution in [0.5, 0.6) is 0 Å². The van der Waals surface area contributed by atoms with E-state index < -0.39 is 34.9 Å². The summed E-state index contributed by atoms with van der Waals surface area (Å²) < 4.78 is 0. The normalized spacial score (nSPS) is 18.3. The lowest BCUT2D eigenvalue weighted by Crippen LogP contribution is -2.43. The number of hydrogen-bond donors (Lipinski definition) is 2. The van der Waals surface area contributed by atoms with Crippen molar-refractivity contribution in [1.82, 2.24) is 15.5 Å². The van der Waals surface area contributed by atoms with Gasteiger partial charge < -0.3 is 10.6 Å². The maximum Gasteiger partial charge on any atom is 0.325 e. The molecule has 1 aliphatic rings. The van der Waals surface area contributed by atoms with Crippen LogP contribution in [0.4, 0.5) is 10.5 Å². The van der Waals surface area contributed by atoms with Crippen molar-refractivity contribution in [3.05, 3.63) is 74.8 Å². The van der Waals surface area contributed by atoms with E-state index >= 15 is 0 Å². The molecular formula is C20H19ClN4O5. The molecule has 1 atom stereocenters. The third kappa shape index (κ3) is 4.41. The number of amides is 4. The first-order valence-corrected chi connectivity index (χ1v) is 9.48. The first kappa shape index (κ1) is 21.3. The van der Waals surface area contributed by atoms with E-state index in [2.05, 4.69) is 10.6 Å². The van der Waals surface area contributed by atoms with Gasteiger partial charge in [0.05, 0.1) is 4.92 Å². The number of halogens is 1. The summed E-state index contributed by atoms with van der Waals surface area (Å²) in [5.74, 6) is -1.07. The predicted molar refractivity (Wildman–Crippen MR) is 109 cm³/mol. The molecule has 1 heterocycles. The maximum atomic E-state index is 12.8. The summed E-state index contributed by atoms with van der Waals surface area (Å²) in [5.41, 5.74) is -0.163. The third-order valence-electron chi connectivity index (χ3n) is 4.88. The molecule has 2 aromatic carbocycles. The van der Waals surface area contributed by atoms with Crippen LogP contribution >= 0.6 is 11.6 Å². The van der Waals surface area contributed by atoms with E-state index in [4.69, 9.17) is 11.6 Å². The monoisotopic (exact) mass is 430 g/mol. The summed E-state index contributed by atoms with van der Waals surface area (Å²) in [6, 6.07) is 11.8. The summed E-state index contributed by atoms with van der Waals surface area (Å²) in [5, 5.41) is 16.7. The Morgan fingerprint density at radius 2 is 1.80 bits per heavy atom. The number of urea groups is 1. The van der Waals surface area contributed by atoms with Gasteiger partial charge in [0.2, 0.25) is 5.91 Å². The summed E-state index contributed by atoms with van der Waals surface area (Å²) in [7, 11) is 0. The molecule has 2 N–H and O–H groups in total. The Morgan fingerprint density at radius 3 is 2.40 bits per heavy atom. The molecule has 0 bridgehead atoms. The Labute approximate surface area is 177 Å². The minimum atomic E-state index is -1.41. The Kier molecular flexibility index (Phi) is 6.02. The molecule has 1 aliphatic heterocycles. The topological polar surface area (TPSA) is 122 Å². The fourth-order valence-corrected chi connectivity index (χ4v) is 3.28. The molecule has 2 aromatic rings. The molecule has 156 valence electrons. The fourth-order valence-electron chi connectivity index (χ4n) is 3.15. The summed E-state index contributed by atoms with van der Waals surface area (Å²) in [4.78, 5) is 48.4. The molecule has 0 aliphatic carbocycles. The highest BCUT2D eigenvalue weighted by molar-refractivity contribution is 6.30. The zero-order valence-corrected chi connectivity index (χ0v) is 16.8. The van der Waals surface area contributed by atoms with Crippen LogP contribution in [-0.2, 0) is 21.5 Å². The van der Waals surface area contributed by atoms with Crippen molar-refractivity contribution in [2.75, 3.05) is 13.1 Å². The smallest absolute Gasteiger partial charge is 0.325 e. The maximum absolute atomic E-state index is 12.8. The highest BCUT2D eigenvalue weighted by Gasteiger charge is 2.49. The standard InChI is InChI=1S/C20H19ClN4O5/c1-20(14-4-8-16(9-5-14)25(29)30)18(27)24(19(28)23-20)12-17(26)22-11-10-13-2-6-15(21)7-3-13/h2-9H,10-12H2,1H3,(H,22,26)(H,23,28). The lowest BCUT2D eigenvalue weighted by molar-refractivity contribution is -0.384. The van der Waals surface area contributed by atoms with Crippen LogP contribution in [0.2, 0.25) is 5.02 Å². The van der Waals surface area contributed by atoms with Crippen molar-refractivity contribution in [2.24, 2.45) is 0 Å². The first-order valence-electron chi connectivity index (χ1n) is 9.11. The second-order valence-electron chi connectivity index (χ2n) is 6.98. The van der Waals surface area contributed by atoms with Gasteiger partial charge in [0.1, 0.15) is 12.1 Å². The number of hydrogen-bond acceptors (Lipinski definition) is 5. The number of non-ortho nitro benzene ring substituents is 1. The Bertz CT molecular complexity index is 993. The average Bonchev–Trinajstić information content (AvgIpc) is 2.93. The zero-order valence-electron chi connectivity index (χ0n) is 16.1. The van der Waals surface area contributed by atoms with Gasteiger partial charge in [0.15, 0.2) is 0 Å². The van der Waals surface area contributed by atoms with Crippen molar-refractivity contribution in [2.45, 2.75) is 18.9 Å². The molecular weight excluding hydrogens is 412 g/mol. The van der Waals surface area contributed by atoms with Gasteiger partial charge in [0.25, 0.3) is 11.6 Å². The van der Waals surface area contributed by atoms with Gasteiger partial charge in [-0.15, -0.1) is 0 Å². The zero-order chi connectivity index (χ0) is 21.9. The summed E-state index contributed by atoms with van der Waals surface area (Å²) >= 11 is 5.83. The number of nitrogens with one attached hydrogen (secondary N) is 2. The number of nitrogens with zero attached hydrogens (tertiary/aromatic N) is 2. The molecule has 0 radical (unpaired) electrons. The third-order valence-corrected chi connectivity index (χ3v) is 5.13. The Morgan fingerprint density at radius 1 is 1.17 bits per heavy atom.